The van der Waals surface area contributed by atoms with E-state index < -0.39 is 18.2 Å². The largest absolute Gasteiger partial charge is 0.388 e. The Morgan fingerprint density at radius 1 is 1.23 bits per heavy atom. The number of rotatable bonds is 3. The molecule has 4 heteroatoms. The summed E-state index contributed by atoms with van der Waals surface area (Å²) in [7, 11) is 0. The molecule has 4 nitrogen and oxygen atoms in total. The lowest BCUT2D eigenvalue weighted by molar-refractivity contribution is -0.189. The lowest BCUT2D eigenvalue weighted by atomic mass is 10.0. The van der Waals surface area contributed by atoms with Gasteiger partial charge in [0.25, 0.3) is 5.79 Å². The van der Waals surface area contributed by atoms with Gasteiger partial charge in [-0.15, -0.1) is 0 Å². The van der Waals surface area contributed by atoms with E-state index in [2.05, 4.69) is 0 Å². The summed E-state index contributed by atoms with van der Waals surface area (Å²) in [6.07, 6.45) is 0. The summed E-state index contributed by atoms with van der Waals surface area (Å²) in [6, 6.07) is 7.62. The number of aliphatic hydroxyl groups is 3. The number of carbonyl (C=O) groups excluding carboxylic acids is 1. The van der Waals surface area contributed by atoms with E-state index in [1.165, 1.54) is 12.1 Å². The van der Waals surface area contributed by atoms with Crippen LogP contribution in [-0.4, -0.2) is 27.7 Å². The van der Waals surface area contributed by atoms with Crippen LogP contribution in [0.3, 0.4) is 0 Å². The zero-order valence-electron chi connectivity index (χ0n) is 6.84. The standard InChI is InChI=1S/C9H10O4/c10-6-8(11)9(12,13)7-4-2-1-3-5-7/h1-5,10,12-13H,6H2. The molecule has 0 bridgehead atoms. The van der Waals surface area contributed by atoms with Crippen molar-refractivity contribution in [2.45, 2.75) is 5.79 Å². The summed E-state index contributed by atoms with van der Waals surface area (Å²) >= 11 is 0. The molecule has 1 aromatic rings. The first kappa shape index (κ1) is 9.85. The fourth-order valence-corrected chi connectivity index (χ4v) is 0.942. The van der Waals surface area contributed by atoms with E-state index >= 15 is 0 Å². The molecule has 0 amide bonds. The predicted octanol–water partition coefficient (Wildman–Crippen LogP) is -0.615. The van der Waals surface area contributed by atoms with Crippen LogP contribution in [0.5, 0.6) is 0 Å². The van der Waals surface area contributed by atoms with Gasteiger partial charge in [-0.05, 0) is 0 Å². The minimum Gasteiger partial charge on any atom is -0.388 e. The summed E-state index contributed by atoms with van der Waals surface area (Å²) in [6.45, 7) is -0.901. The molecule has 0 aromatic heterocycles. The smallest absolute Gasteiger partial charge is 0.253 e. The van der Waals surface area contributed by atoms with Crippen LogP contribution < -0.4 is 0 Å². The topological polar surface area (TPSA) is 77.8 Å². The van der Waals surface area contributed by atoms with Crippen molar-refractivity contribution < 1.29 is 20.1 Å². The molecule has 0 radical (unpaired) electrons. The van der Waals surface area contributed by atoms with E-state index in [4.69, 9.17) is 5.11 Å². The zero-order valence-corrected chi connectivity index (χ0v) is 6.84. The summed E-state index contributed by atoms with van der Waals surface area (Å²) in [5.41, 5.74) is 0.0500. The van der Waals surface area contributed by atoms with Crippen molar-refractivity contribution in [3.05, 3.63) is 35.9 Å². The highest BCUT2D eigenvalue weighted by molar-refractivity contribution is 5.87. The second-order valence-electron chi connectivity index (χ2n) is 2.62. The first-order valence-corrected chi connectivity index (χ1v) is 3.73. The van der Waals surface area contributed by atoms with Gasteiger partial charge in [0.1, 0.15) is 6.61 Å². The Labute approximate surface area is 75.1 Å². The third-order valence-electron chi connectivity index (χ3n) is 1.71. The van der Waals surface area contributed by atoms with Gasteiger partial charge < -0.3 is 15.3 Å². The lowest BCUT2D eigenvalue weighted by Crippen LogP contribution is -2.37. The highest BCUT2D eigenvalue weighted by Gasteiger charge is 2.33. The molecular formula is C9H10O4. The summed E-state index contributed by atoms with van der Waals surface area (Å²) < 4.78 is 0. The van der Waals surface area contributed by atoms with Crippen LogP contribution in [0.15, 0.2) is 30.3 Å². The van der Waals surface area contributed by atoms with Crippen LogP contribution in [0.4, 0.5) is 0 Å². The second kappa shape index (κ2) is 3.66. The normalized spacial score (nSPS) is 11.3. The molecule has 0 unspecified atom stereocenters. The predicted molar refractivity (Wildman–Crippen MR) is 44.7 cm³/mol. The molecule has 0 aliphatic rings. The van der Waals surface area contributed by atoms with Crippen molar-refractivity contribution in [1.82, 2.24) is 0 Å². The van der Waals surface area contributed by atoms with Crippen LogP contribution in [0.1, 0.15) is 5.56 Å². The van der Waals surface area contributed by atoms with Gasteiger partial charge in [-0.2, -0.15) is 0 Å². The Morgan fingerprint density at radius 3 is 2.23 bits per heavy atom. The average Bonchev–Trinajstić information content (AvgIpc) is 2.18. The Morgan fingerprint density at radius 2 is 1.77 bits per heavy atom. The molecule has 0 fully saturated rings. The van der Waals surface area contributed by atoms with Gasteiger partial charge in [0.15, 0.2) is 0 Å². The average molecular weight is 182 g/mol. The number of aliphatic hydroxyl groups excluding tert-OH is 1. The van der Waals surface area contributed by atoms with Crippen molar-refractivity contribution in [1.29, 1.82) is 0 Å². The molecule has 0 aliphatic heterocycles. The number of Topliss-reactive ketones (excluding diaryl/α,β-unsaturated/α-hetero) is 1. The minimum absolute atomic E-state index is 0.0500. The van der Waals surface area contributed by atoms with Crippen LogP contribution in [0, 0.1) is 0 Å². The summed E-state index contributed by atoms with van der Waals surface area (Å²) in [5, 5.41) is 27.1. The van der Waals surface area contributed by atoms with E-state index in [1.807, 2.05) is 0 Å². The maximum absolute atomic E-state index is 10.9. The monoisotopic (exact) mass is 182 g/mol. The van der Waals surface area contributed by atoms with E-state index in [1.54, 1.807) is 18.2 Å². The summed E-state index contributed by atoms with van der Waals surface area (Å²) in [5.74, 6) is -3.63. The third-order valence-corrected chi connectivity index (χ3v) is 1.71. The van der Waals surface area contributed by atoms with Crippen LogP contribution >= 0.6 is 0 Å². The van der Waals surface area contributed by atoms with Crippen molar-refractivity contribution in [3.8, 4) is 0 Å². The van der Waals surface area contributed by atoms with Gasteiger partial charge in [0.2, 0.25) is 5.78 Å². The van der Waals surface area contributed by atoms with Crippen LogP contribution in [0.25, 0.3) is 0 Å². The number of hydrogen-bond acceptors (Lipinski definition) is 4. The van der Waals surface area contributed by atoms with Crippen LogP contribution in [-0.2, 0) is 10.6 Å². The number of ketones is 1. The first-order chi connectivity index (χ1) is 6.09. The fourth-order valence-electron chi connectivity index (χ4n) is 0.942. The number of hydrogen-bond donors (Lipinski definition) is 3. The maximum Gasteiger partial charge on any atom is 0.253 e. The highest BCUT2D eigenvalue weighted by atomic mass is 16.5. The zero-order chi connectivity index (χ0) is 9.90. The molecule has 13 heavy (non-hydrogen) atoms. The van der Waals surface area contributed by atoms with Gasteiger partial charge in [-0.25, -0.2) is 0 Å². The Bertz CT molecular complexity index is 292. The molecule has 0 saturated heterocycles. The van der Waals surface area contributed by atoms with Gasteiger partial charge >= 0.3 is 0 Å². The SMILES string of the molecule is O=C(CO)C(O)(O)c1ccccc1. The van der Waals surface area contributed by atoms with Gasteiger partial charge in [0.05, 0.1) is 0 Å². The van der Waals surface area contributed by atoms with E-state index in [-0.39, 0.29) is 5.56 Å². The van der Waals surface area contributed by atoms with Crippen molar-refractivity contribution >= 4 is 5.78 Å². The highest BCUT2D eigenvalue weighted by Crippen LogP contribution is 2.17. The Balaban J connectivity index is 3.00. The lowest BCUT2D eigenvalue weighted by Gasteiger charge is -2.18. The first-order valence-electron chi connectivity index (χ1n) is 3.73. The Hall–Kier alpha value is -1.23. The molecule has 1 rings (SSSR count). The van der Waals surface area contributed by atoms with Gasteiger partial charge in [-0.3, -0.25) is 4.79 Å². The molecular weight excluding hydrogens is 172 g/mol. The minimum atomic E-state index is -2.59. The quantitative estimate of drug-likeness (QED) is 0.545. The second-order valence-corrected chi connectivity index (χ2v) is 2.62. The molecule has 0 saturated carbocycles. The molecule has 1 aromatic carbocycles. The molecule has 0 aliphatic carbocycles. The van der Waals surface area contributed by atoms with E-state index in [0.29, 0.717) is 0 Å². The van der Waals surface area contributed by atoms with Gasteiger partial charge in [0, 0.05) is 5.56 Å². The number of benzene rings is 1. The van der Waals surface area contributed by atoms with Crippen molar-refractivity contribution in [3.63, 3.8) is 0 Å². The van der Waals surface area contributed by atoms with Crippen LogP contribution in [0.2, 0.25) is 0 Å². The maximum atomic E-state index is 10.9. The number of carbonyl (C=O) groups is 1. The fraction of sp³-hybridized carbons (Fsp3) is 0.222. The molecule has 0 heterocycles. The summed E-state index contributed by atoms with van der Waals surface area (Å²) in [4.78, 5) is 10.9. The Kier molecular flexibility index (Phi) is 2.77. The van der Waals surface area contributed by atoms with Gasteiger partial charge in [-0.1, -0.05) is 30.3 Å². The van der Waals surface area contributed by atoms with Crippen molar-refractivity contribution in [2.24, 2.45) is 0 Å². The molecule has 0 atom stereocenters. The third kappa shape index (κ3) is 1.92. The van der Waals surface area contributed by atoms with Crippen molar-refractivity contribution in [2.75, 3.05) is 6.61 Å². The molecule has 70 valence electrons. The molecule has 3 N–H and O–H groups in total. The van der Waals surface area contributed by atoms with E-state index in [9.17, 15) is 15.0 Å². The van der Waals surface area contributed by atoms with E-state index in [0.717, 1.165) is 0 Å². The molecule has 0 spiro atoms.